The summed E-state index contributed by atoms with van der Waals surface area (Å²) in [6.45, 7) is 1.94. The summed E-state index contributed by atoms with van der Waals surface area (Å²) in [5, 5.41) is 12.1. The molecular weight excluding hydrogens is 384 g/mol. The maximum absolute atomic E-state index is 12.6. The predicted octanol–water partition coefficient (Wildman–Crippen LogP) is 1.93. The lowest BCUT2D eigenvalue weighted by molar-refractivity contribution is -0.134. The Labute approximate surface area is 176 Å². The molecule has 1 saturated heterocycles. The Morgan fingerprint density at radius 3 is 2.90 bits per heavy atom. The van der Waals surface area contributed by atoms with Crippen LogP contribution in [0.4, 0.5) is 5.69 Å². The zero-order chi connectivity index (χ0) is 20.9. The van der Waals surface area contributed by atoms with Crippen molar-refractivity contribution in [3.8, 4) is 5.75 Å². The molecule has 0 radical (unpaired) electrons. The fraction of sp³-hybridized carbons (Fsp3) is 0.591. The normalized spacial score (nSPS) is 18.0. The Morgan fingerprint density at radius 1 is 1.27 bits per heavy atom. The summed E-state index contributed by atoms with van der Waals surface area (Å²) in [7, 11) is 0. The van der Waals surface area contributed by atoms with E-state index in [1.165, 1.54) is 12.8 Å². The van der Waals surface area contributed by atoms with Crippen LogP contribution in [-0.4, -0.2) is 65.0 Å². The molecule has 8 heteroatoms. The highest BCUT2D eigenvalue weighted by molar-refractivity contribution is 6.06. The number of guanidine groups is 1. The molecule has 1 aromatic carbocycles. The molecule has 1 aromatic rings. The second-order valence-corrected chi connectivity index (χ2v) is 8.16. The van der Waals surface area contributed by atoms with E-state index in [-0.39, 0.29) is 18.4 Å². The van der Waals surface area contributed by atoms with E-state index in [2.05, 4.69) is 10.3 Å². The molecule has 0 unspecified atom stereocenters. The fourth-order valence-electron chi connectivity index (χ4n) is 4.51. The number of hydrogen-bond acceptors (Lipinski definition) is 6. The summed E-state index contributed by atoms with van der Waals surface area (Å²) in [6, 6.07) is 6.14. The number of para-hydroxylation sites is 1. The zero-order valence-corrected chi connectivity index (χ0v) is 17.3. The molecule has 8 nitrogen and oxygen atoms in total. The van der Waals surface area contributed by atoms with E-state index in [1.54, 1.807) is 0 Å². The van der Waals surface area contributed by atoms with Crippen molar-refractivity contribution in [1.29, 1.82) is 0 Å². The minimum Gasteiger partial charge on any atom is -0.491 e. The lowest BCUT2D eigenvalue weighted by atomic mass is 10.1. The minimum atomic E-state index is -0.0402. The maximum Gasteiger partial charge on any atom is 0.246 e. The van der Waals surface area contributed by atoms with E-state index in [0.717, 1.165) is 36.9 Å². The first-order valence-electron chi connectivity index (χ1n) is 10.9. The fourth-order valence-corrected chi connectivity index (χ4v) is 4.51. The third-order valence-corrected chi connectivity index (χ3v) is 6.02. The number of benzene rings is 1. The molecule has 0 bridgehead atoms. The molecule has 2 N–H and O–H groups in total. The van der Waals surface area contributed by atoms with Crippen molar-refractivity contribution in [2.24, 2.45) is 4.99 Å². The van der Waals surface area contributed by atoms with Gasteiger partial charge in [-0.2, -0.15) is 0 Å². The summed E-state index contributed by atoms with van der Waals surface area (Å²) < 4.78 is 5.97. The molecule has 0 atom stereocenters. The second-order valence-electron chi connectivity index (χ2n) is 8.16. The number of carbonyl (C=O) groups excluding carboxylic acids is 2. The van der Waals surface area contributed by atoms with E-state index < -0.39 is 0 Å². The largest absolute Gasteiger partial charge is 0.491 e. The number of aliphatic hydroxyl groups is 1. The Balaban J connectivity index is 1.26. The van der Waals surface area contributed by atoms with Crippen molar-refractivity contribution < 1.29 is 19.4 Å². The first-order chi connectivity index (χ1) is 14.7. The van der Waals surface area contributed by atoms with Crippen LogP contribution >= 0.6 is 0 Å². The number of hydrogen-bond donors (Lipinski definition) is 2. The Kier molecular flexibility index (Phi) is 6.52. The summed E-state index contributed by atoms with van der Waals surface area (Å²) in [5.41, 5.74) is 1.82. The molecule has 2 aliphatic heterocycles. The van der Waals surface area contributed by atoms with Crippen LogP contribution in [0.3, 0.4) is 0 Å². The van der Waals surface area contributed by atoms with Gasteiger partial charge >= 0.3 is 0 Å². The molecule has 2 fully saturated rings. The average molecular weight is 415 g/mol. The van der Waals surface area contributed by atoms with Crippen molar-refractivity contribution >= 4 is 23.5 Å². The van der Waals surface area contributed by atoms with Gasteiger partial charge in [-0.25, -0.2) is 4.99 Å². The van der Waals surface area contributed by atoms with E-state index in [4.69, 9.17) is 4.74 Å². The summed E-state index contributed by atoms with van der Waals surface area (Å²) in [6.07, 6.45) is 6.44. The second kappa shape index (κ2) is 9.47. The highest BCUT2D eigenvalue weighted by atomic mass is 16.5. The van der Waals surface area contributed by atoms with Crippen molar-refractivity contribution in [2.45, 2.75) is 57.5 Å². The van der Waals surface area contributed by atoms with Gasteiger partial charge in [-0.1, -0.05) is 25.0 Å². The molecule has 0 aromatic heterocycles. The van der Waals surface area contributed by atoms with Gasteiger partial charge in [0.15, 0.2) is 0 Å². The standard InChI is InChI=1S/C22H30N4O4/c27-12-11-26(17-7-1-2-8-17)20(29)10-3-4-13-30-18-9-5-6-16-14-25-15-19(28)23-22(25)24-21(16)18/h5-6,9,17,27H,1-4,7-8,10-15H2,(H,23,24,28). The number of rotatable bonds is 9. The Morgan fingerprint density at radius 2 is 2.10 bits per heavy atom. The SMILES string of the molecule is O=C1CN2Cc3cccc(OCCCCC(=O)N(CCO)C4CCCC4)c3N=C2N1. The van der Waals surface area contributed by atoms with E-state index in [9.17, 15) is 14.7 Å². The lowest BCUT2D eigenvalue weighted by Crippen LogP contribution is -2.40. The number of amides is 2. The van der Waals surface area contributed by atoms with Crippen LogP contribution in [0.2, 0.25) is 0 Å². The molecule has 2 heterocycles. The van der Waals surface area contributed by atoms with Crippen LogP contribution in [0, 0.1) is 0 Å². The van der Waals surface area contributed by atoms with Gasteiger partial charge in [-0.15, -0.1) is 0 Å². The zero-order valence-electron chi connectivity index (χ0n) is 17.3. The van der Waals surface area contributed by atoms with Gasteiger partial charge < -0.3 is 19.6 Å². The number of carbonyl (C=O) groups is 2. The Hall–Kier alpha value is -2.61. The number of ether oxygens (including phenoxy) is 1. The summed E-state index contributed by atoms with van der Waals surface area (Å²) in [4.78, 5) is 32.6. The van der Waals surface area contributed by atoms with Gasteiger partial charge in [0, 0.05) is 31.1 Å². The molecule has 30 heavy (non-hydrogen) atoms. The van der Waals surface area contributed by atoms with Gasteiger partial charge in [-0.3, -0.25) is 14.9 Å². The average Bonchev–Trinajstić information content (AvgIpc) is 3.38. The first kappa shape index (κ1) is 20.7. The third-order valence-electron chi connectivity index (χ3n) is 6.02. The topological polar surface area (TPSA) is 94.5 Å². The summed E-state index contributed by atoms with van der Waals surface area (Å²) >= 11 is 0. The van der Waals surface area contributed by atoms with E-state index >= 15 is 0 Å². The highest BCUT2D eigenvalue weighted by Gasteiger charge is 2.30. The molecule has 1 saturated carbocycles. The minimum absolute atomic E-state index is 0.0187. The van der Waals surface area contributed by atoms with Gasteiger partial charge in [0.05, 0.1) is 13.2 Å². The number of aliphatic imine (C=N–C) groups is 1. The van der Waals surface area contributed by atoms with E-state index in [0.29, 0.717) is 50.4 Å². The molecule has 1 aliphatic carbocycles. The van der Waals surface area contributed by atoms with Crippen LogP contribution in [0.25, 0.3) is 0 Å². The molecule has 162 valence electrons. The van der Waals surface area contributed by atoms with Crippen LogP contribution in [0.1, 0.15) is 50.5 Å². The number of nitrogens with zero attached hydrogens (tertiary/aromatic N) is 3. The van der Waals surface area contributed by atoms with Crippen LogP contribution in [0.15, 0.2) is 23.2 Å². The van der Waals surface area contributed by atoms with Crippen molar-refractivity contribution in [3.63, 3.8) is 0 Å². The van der Waals surface area contributed by atoms with Crippen molar-refractivity contribution in [3.05, 3.63) is 23.8 Å². The number of fused-ring (bicyclic) bond motifs is 2. The number of aliphatic hydroxyl groups excluding tert-OH is 1. The third kappa shape index (κ3) is 4.59. The van der Waals surface area contributed by atoms with Crippen LogP contribution in [0.5, 0.6) is 5.75 Å². The van der Waals surface area contributed by atoms with Gasteiger partial charge in [0.1, 0.15) is 18.0 Å². The van der Waals surface area contributed by atoms with Crippen molar-refractivity contribution in [2.75, 3.05) is 26.3 Å². The van der Waals surface area contributed by atoms with Crippen LogP contribution in [-0.2, 0) is 16.1 Å². The highest BCUT2D eigenvalue weighted by Crippen LogP contribution is 2.36. The number of nitrogens with one attached hydrogen (secondary N) is 1. The maximum atomic E-state index is 12.6. The van der Waals surface area contributed by atoms with Crippen molar-refractivity contribution in [1.82, 2.24) is 15.1 Å². The lowest BCUT2D eigenvalue weighted by Gasteiger charge is -2.28. The summed E-state index contributed by atoms with van der Waals surface area (Å²) in [5.74, 6) is 1.39. The first-order valence-corrected chi connectivity index (χ1v) is 10.9. The quantitative estimate of drug-likeness (QED) is 0.602. The van der Waals surface area contributed by atoms with Gasteiger partial charge in [-0.05, 0) is 31.7 Å². The Bertz CT molecular complexity index is 819. The molecule has 4 rings (SSSR count). The molecule has 3 aliphatic rings. The molecule has 0 spiro atoms. The monoisotopic (exact) mass is 414 g/mol. The van der Waals surface area contributed by atoms with E-state index in [1.807, 2.05) is 28.0 Å². The van der Waals surface area contributed by atoms with Gasteiger partial charge in [0.25, 0.3) is 0 Å². The number of unbranched alkanes of at least 4 members (excludes halogenated alkanes) is 1. The molecule has 2 amide bonds. The smallest absolute Gasteiger partial charge is 0.246 e. The predicted molar refractivity (Wildman–Crippen MR) is 112 cm³/mol. The van der Waals surface area contributed by atoms with Crippen LogP contribution < -0.4 is 10.1 Å². The molecular formula is C22H30N4O4. The van der Waals surface area contributed by atoms with Gasteiger partial charge in [0.2, 0.25) is 17.8 Å².